The number of rotatable bonds is 5. The lowest BCUT2D eigenvalue weighted by atomic mass is 9.78. The van der Waals surface area contributed by atoms with E-state index < -0.39 is 23.4 Å². The lowest BCUT2D eigenvalue weighted by Crippen LogP contribution is -2.54. The number of halogens is 1. The van der Waals surface area contributed by atoms with E-state index in [0.717, 1.165) is 0 Å². The summed E-state index contributed by atoms with van der Waals surface area (Å²) in [4.78, 5) is 25.1. The number of ether oxygens (including phenoxy) is 2. The smallest absolute Gasteiger partial charge is 0.256 e. The molecular formula is C21H22BrN3O5. The van der Waals surface area contributed by atoms with Gasteiger partial charge in [-0.25, -0.2) is 0 Å². The number of methoxy groups -OCH3 is 1. The highest BCUT2D eigenvalue weighted by atomic mass is 79.9. The first-order chi connectivity index (χ1) is 14.3. The summed E-state index contributed by atoms with van der Waals surface area (Å²) >= 11 is 3.49. The Kier molecular flexibility index (Phi) is 5.19. The van der Waals surface area contributed by atoms with Crippen LogP contribution < -0.4 is 20.1 Å². The first-order valence-corrected chi connectivity index (χ1v) is 10.5. The Labute approximate surface area is 182 Å². The van der Waals surface area contributed by atoms with E-state index >= 15 is 0 Å². The molecule has 0 unspecified atom stereocenters. The van der Waals surface area contributed by atoms with E-state index in [4.69, 9.17) is 9.47 Å². The molecule has 4 rings (SSSR count). The van der Waals surface area contributed by atoms with Crippen LogP contribution in [0, 0.1) is 10.1 Å². The number of hydrogen-bond donors (Lipinski definition) is 2. The molecule has 1 saturated heterocycles. The van der Waals surface area contributed by atoms with Crippen molar-refractivity contribution < 1.29 is 19.2 Å². The van der Waals surface area contributed by atoms with Crippen molar-refractivity contribution in [1.82, 2.24) is 5.32 Å². The number of para-hydroxylation sites is 1. The van der Waals surface area contributed by atoms with Gasteiger partial charge in [0.15, 0.2) is 17.0 Å². The summed E-state index contributed by atoms with van der Waals surface area (Å²) in [6.45, 7) is 4.14. The summed E-state index contributed by atoms with van der Waals surface area (Å²) in [5, 5.41) is 18.5. The summed E-state index contributed by atoms with van der Waals surface area (Å²) in [5.41, 5.74) is 0.452. The number of amides is 1. The predicted octanol–water partition coefficient (Wildman–Crippen LogP) is 3.42. The predicted molar refractivity (Wildman–Crippen MR) is 115 cm³/mol. The van der Waals surface area contributed by atoms with Crippen molar-refractivity contribution in [1.29, 1.82) is 0 Å². The molecule has 1 spiro atoms. The van der Waals surface area contributed by atoms with Gasteiger partial charge in [0.05, 0.1) is 24.1 Å². The van der Waals surface area contributed by atoms with Crippen molar-refractivity contribution in [2.45, 2.75) is 37.4 Å². The lowest BCUT2D eigenvalue weighted by molar-refractivity contribution is -0.532. The molecule has 2 aliphatic rings. The summed E-state index contributed by atoms with van der Waals surface area (Å²) in [7, 11) is 1.54. The third-order valence-electron chi connectivity index (χ3n) is 5.88. The van der Waals surface area contributed by atoms with Gasteiger partial charge in [0, 0.05) is 22.2 Å². The SMILES string of the molecule is CCOc1cc([C@@H]2[C@H](C)N[C@]3(C(=O)Nc4ccccc43)[C@@H]2[N+](=O)[O-])cc(Br)c1OC. The van der Waals surface area contributed by atoms with Gasteiger partial charge < -0.3 is 14.8 Å². The molecule has 2 aromatic rings. The largest absolute Gasteiger partial charge is 0.492 e. The molecule has 1 fully saturated rings. The Bertz CT molecular complexity index is 1030. The second-order valence-corrected chi connectivity index (χ2v) is 8.32. The maximum atomic E-state index is 13.1. The molecule has 0 radical (unpaired) electrons. The second-order valence-electron chi connectivity index (χ2n) is 7.46. The molecule has 8 nitrogen and oxygen atoms in total. The van der Waals surface area contributed by atoms with Crippen LogP contribution in [0.5, 0.6) is 11.5 Å². The van der Waals surface area contributed by atoms with E-state index in [0.29, 0.717) is 39.4 Å². The van der Waals surface area contributed by atoms with Crippen molar-refractivity contribution in [3.05, 3.63) is 62.1 Å². The molecule has 2 aliphatic heterocycles. The van der Waals surface area contributed by atoms with Crippen LogP contribution >= 0.6 is 15.9 Å². The number of fused-ring (bicyclic) bond motifs is 2. The van der Waals surface area contributed by atoms with Crippen LogP contribution in [0.25, 0.3) is 0 Å². The van der Waals surface area contributed by atoms with Crippen LogP contribution in [0.1, 0.15) is 30.9 Å². The first-order valence-electron chi connectivity index (χ1n) is 9.67. The Hall–Kier alpha value is -2.65. The average molecular weight is 476 g/mol. The topological polar surface area (TPSA) is 103 Å². The fourth-order valence-electron chi connectivity index (χ4n) is 4.79. The summed E-state index contributed by atoms with van der Waals surface area (Å²) in [6.07, 6.45) is 0. The molecule has 158 valence electrons. The van der Waals surface area contributed by atoms with Crippen LogP contribution in [0.2, 0.25) is 0 Å². The Morgan fingerprint density at radius 3 is 2.70 bits per heavy atom. The van der Waals surface area contributed by atoms with Crippen molar-refractivity contribution in [2.24, 2.45) is 0 Å². The lowest BCUT2D eigenvalue weighted by Gasteiger charge is -2.25. The zero-order chi connectivity index (χ0) is 21.6. The number of anilines is 1. The highest BCUT2D eigenvalue weighted by Crippen LogP contribution is 2.51. The summed E-state index contributed by atoms with van der Waals surface area (Å²) < 4.78 is 11.8. The van der Waals surface area contributed by atoms with Crippen LogP contribution in [0.15, 0.2) is 40.9 Å². The number of carbonyl (C=O) groups is 1. The van der Waals surface area contributed by atoms with Crippen LogP contribution in [-0.2, 0) is 10.3 Å². The van der Waals surface area contributed by atoms with Gasteiger partial charge in [-0.1, -0.05) is 18.2 Å². The molecule has 4 atom stereocenters. The molecule has 0 aromatic heterocycles. The molecule has 1 amide bonds. The molecule has 2 N–H and O–H groups in total. The third-order valence-corrected chi connectivity index (χ3v) is 6.47. The molecule has 30 heavy (non-hydrogen) atoms. The Morgan fingerprint density at radius 1 is 1.30 bits per heavy atom. The normalized spacial score (nSPS) is 27.1. The third kappa shape index (κ3) is 2.87. The van der Waals surface area contributed by atoms with Crippen molar-refractivity contribution >= 4 is 27.5 Å². The van der Waals surface area contributed by atoms with E-state index in [9.17, 15) is 14.9 Å². The van der Waals surface area contributed by atoms with Gasteiger partial charge in [-0.3, -0.25) is 20.2 Å². The minimum Gasteiger partial charge on any atom is -0.492 e. The minimum atomic E-state index is -1.44. The average Bonchev–Trinajstić information content (AvgIpc) is 3.16. The number of nitrogens with one attached hydrogen (secondary N) is 2. The second kappa shape index (κ2) is 7.55. The minimum absolute atomic E-state index is 0.341. The Balaban J connectivity index is 1.88. The Morgan fingerprint density at radius 2 is 2.03 bits per heavy atom. The highest BCUT2D eigenvalue weighted by Gasteiger charge is 2.67. The van der Waals surface area contributed by atoms with E-state index in [-0.39, 0.29) is 11.0 Å². The monoisotopic (exact) mass is 475 g/mol. The summed E-state index contributed by atoms with van der Waals surface area (Å²) in [5.74, 6) is 0.0436. The molecule has 0 bridgehead atoms. The number of nitrogens with zero attached hydrogens (tertiary/aromatic N) is 1. The molecule has 0 aliphatic carbocycles. The van der Waals surface area contributed by atoms with Gasteiger partial charge in [0.2, 0.25) is 0 Å². The van der Waals surface area contributed by atoms with Gasteiger partial charge in [-0.2, -0.15) is 0 Å². The standard InChI is InChI=1S/C21H22BrN3O5/c1-4-30-16-10-12(9-14(22)18(16)29-3)17-11(2)24-21(19(17)25(27)28)13-7-5-6-8-15(13)23-20(21)26/h5-11,17,19,24H,4H2,1-3H3,(H,23,26)/t11-,17-,19+,21-/m0/s1. The van der Waals surface area contributed by atoms with Crippen molar-refractivity contribution in [3.8, 4) is 11.5 Å². The zero-order valence-electron chi connectivity index (χ0n) is 16.8. The van der Waals surface area contributed by atoms with Gasteiger partial charge in [-0.05, 0) is 53.5 Å². The van der Waals surface area contributed by atoms with E-state index in [2.05, 4.69) is 26.6 Å². The number of carbonyl (C=O) groups excluding carboxylic acids is 1. The number of hydrogen-bond acceptors (Lipinski definition) is 6. The fourth-order valence-corrected chi connectivity index (χ4v) is 5.42. The molecule has 0 saturated carbocycles. The summed E-state index contributed by atoms with van der Waals surface area (Å²) in [6, 6.07) is 9.14. The maximum absolute atomic E-state index is 13.1. The van der Waals surface area contributed by atoms with Crippen molar-refractivity contribution in [2.75, 3.05) is 19.0 Å². The van der Waals surface area contributed by atoms with Crippen molar-refractivity contribution in [3.63, 3.8) is 0 Å². The van der Waals surface area contributed by atoms with Gasteiger partial charge in [0.25, 0.3) is 11.9 Å². The van der Waals surface area contributed by atoms with Crippen LogP contribution in [0.4, 0.5) is 5.69 Å². The highest BCUT2D eigenvalue weighted by molar-refractivity contribution is 9.10. The number of benzene rings is 2. The van der Waals surface area contributed by atoms with E-state index in [1.807, 2.05) is 13.8 Å². The fraction of sp³-hybridized carbons (Fsp3) is 0.381. The molecule has 9 heteroatoms. The number of nitro groups is 1. The maximum Gasteiger partial charge on any atom is 0.256 e. The van der Waals surface area contributed by atoms with E-state index in [1.165, 1.54) is 7.11 Å². The molecule has 2 aromatic carbocycles. The molecular weight excluding hydrogens is 454 g/mol. The quantitative estimate of drug-likeness (QED) is 0.507. The molecule has 2 heterocycles. The van der Waals surface area contributed by atoms with E-state index in [1.54, 1.807) is 36.4 Å². The first kappa shape index (κ1) is 20.6. The van der Waals surface area contributed by atoms with Gasteiger partial charge in [-0.15, -0.1) is 0 Å². The van der Waals surface area contributed by atoms with Gasteiger partial charge >= 0.3 is 0 Å². The van der Waals surface area contributed by atoms with Crippen LogP contribution in [-0.4, -0.2) is 36.6 Å². The zero-order valence-corrected chi connectivity index (χ0v) is 18.4. The van der Waals surface area contributed by atoms with Crippen LogP contribution in [0.3, 0.4) is 0 Å². The van der Waals surface area contributed by atoms with Gasteiger partial charge in [0.1, 0.15) is 0 Å².